The number of halogens is 1. The molecule has 2 aromatic carbocycles. The lowest BCUT2D eigenvalue weighted by Gasteiger charge is -2.09. The van der Waals surface area contributed by atoms with Crippen molar-refractivity contribution >= 4 is 23.4 Å². The fraction of sp³-hybridized carbons (Fsp3) is 0.294. The summed E-state index contributed by atoms with van der Waals surface area (Å²) >= 11 is 7.67. The monoisotopic (exact) mass is 305 g/mol. The van der Waals surface area contributed by atoms with Gasteiger partial charge in [-0.25, -0.2) is 0 Å². The zero-order chi connectivity index (χ0) is 14.4. The van der Waals surface area contributed by atoms with E-state index in [1.54, 1.807) is 11.8 Å². The molecule has 0 saturated heterocycles. The van der Waals surface area contributed by atoms with Crippen LogP contribution in [0.1, 0.15) is 24.5 Å². The molecule has 0 aromatic heterocycles. The summed E-state index contributed by atoms with van der Waals surface area (Å²) < 4.78 is 0. The van der Waals surface area contributed by atoms with Crippen LogP contribution in [0.4, 0.5) is 0 Å². The molecule has 0 fully saturated rings. The number of aryl methyl sites for hydroxylation is 1. The van der Waals surface area contributed by atoms with Gasteiger partial charge in [0.05, 0.1) is 0 Å². The third-order valence-corrected chi connectivity index (χ3v) is 4.36. The largest absolute Gasteiger partial charge is 0.313 e. The van der Waals surface area contributed by atoms with E-state index < -0.39 is 0 Å². The Morgan fingerprint density at radius 1 is 1.05 bits per heavy atom. The molecule has 0 heterocycles. The van der Waals surface area contributed by atoms with E-state index in [9.17, 15) is 0 Å². The van der Waals surface area contributed by atoms with Crippen LogP contribution < -0.4 is 5.32 Å². The lowest BCUT2D eigenvalue weighted by Crippen LogP contribution is -2.14. The minimum Gasteiger partial charge on any atom is -0.313 e. The molecule has 0 bridgehead atoms. The van der Waals surface area contributed by atoms with E-state index in [0.717, 1.165) is 18.1 Å². The van der Waals surface area contributed by atoms with Crippen molar-refractivity contribution in [3.05, 3.63) is 58.6 Å². The van der Waals surface area contributed by atoms with Gasteiger partial charge in [-0.05, 0) is 67.4 Å². The Bertz CT molecular complexity index is 551. The maximum absolute atomic E-state index is 5.90. The zero-order valence-electron chi connectivity index (χ0n) is 11.9. The molecule has 0 aliphatic heterocycles. The Morgan fingerprint density at radius 3 is 2.40 bits per heavy atom. The van der Waals surface area contributed by atoms with Gasteiger partial charge in [0.15, 0.2) is 0 Å². The van der Waals surface area contributed by atoms with Gasteiger partial charge in [0.25, 0.3) is 0 Å². The van der Waals surface area contributed by atoms with E-state index in [2.05, 4.69) is 49.5 Å². The summed E-state index contributed by atoms with van der Waals surface area (Å²) in [7, 11) is 0. The minimum atomic E-state index is 0.780. The second-order valence-corrected chi connectivity index (χ2v) is 6.40. The molecular formula is C17H20ClNS. The summed E-state index contributed by atoms with van der Waals surface area (Å²) in [6.07, 6.45) is 1.17. The van der Waals surface area contributed by atoms with E-state index in [1.807, 2.05) is 12.1 Å². The first-order valence-electron chi connectivity index (χ1n) is 6.92. The molecule has 0 aliphatic carbocycles. The summed E-state index contributed by atoms with van der Waals surface area (Å²) in [5.74, 6) is 0. The van der Waals surface area contributed by atoms with Gasteiger partial charge in [0, 0.05) is 21.4 Å². The summed E-state index contributed by atoms with van der Waals surface area (Å²) in [5, 5.41) is 4.23. The molecule has 106 valence electrons. The quantitative estimate of drug-likeness (QED) is 0.727. The molecule has 20 heavy (non-hydrogen) atoms. The van der Waals surface area contributed by atoms with Crippen LogP contribution in [0.2, 0.25) is 5.02 Å². The molecule has 0 radical (unpaired) electrons. The fourth-order valence-electron chi connectivity index (χ4n) is 1.97. The van der Waals surface area contributed by atoms with Crippen LogP contribution in [-0.2, 0) is 6.54 Å². The molecule has 1 N–H and O–H groups in total. The van der Waals surface area contributed by atoms with Crippen molar-refractivity contribution in [2.45, 2.75) is 36.6 Å². The molecule has 0 spiro atoms. The van der Waals surface area contributed by atoms with Gasteiger partial charge in [-0.3, -0.25) is 0 Å². The number of hydrogen-bond acceptors (Lipinski definition) is 2. The smallest absolute Gasteiger partial charge is 0.0406 e. The second-order valence-electron chi connectivity index (χ2n) is 4.82. The van der Waals surface area contributed by atoms with Crippen LogP contribution in [-0.4, -0.2) is 6.54 Å². The highest BCUT2D eigenvalue weighted by atomic mass is 35.5. The fourth-order valence-corrected chi connectivity index (χ4v) is 3.01. The van der Waals surface area contributed by atoms with Gasteiger partial charge >= 0.3 is 0 Å². The highest BCUT2D eigenvalue weighted by Gasteiger charge is 2.02. The van der Waals surface area contributed by atoms with Gasteiger partial charge < -0.3 is 5.32 Å². The highest BCUT2D eigenvalue weighted by Crippen LogP contribution is 2.29. The van der Waals surface area contributed by atoms with Crippen molar-refractivity contribution in [1.82, 2.24) is 5.32 Å². The molecule has 0 unspecified atom stereocenters. The number of benzene rings is 2. The Hall–Kier alpha value is -0.960. The summed E-state index contributed by atoms with van der Waals surface area (Å²) in [6.45, 7) is 6.38. The predicted molar refractivity (Wildman–Crippen MR) is 88.8 cm³/mol. The SMILES string of the molecule is CCCNCc1ccc(Sc2ccc(Cl)cc2)cc1C. The molecule has 0 saturated carbocycles. The van der Waals surface area contributed by atoms with Crippen LogP contribution >= 0.6 is 23.4 Å². The van der Waals surface area contributed by atoms with Crippen LogP contribution in [0, 0.1) is 6.92 Å². The highest BCUT2D eigenvalue weighted by molar-refractivity contribution is 7.99. The summed E-state index contributed by atoms with van der Waals surface area (Å²) in [4.78, 5) is 2.48. The van der Waals surface area contributed by atoms with Gasteiger partial charge in [-0.2, -0.15) is 0 Å². The second kappa shape index (κ2) is 7.72. The van der Waals surface area contributed by atoms with Crippen LogP contribution in [0.25, 0.3) is 0 Å². The number of rotatable bonds is 6. The van der Waals surface area contributed by atoms with E-state index in [4.69, 9.17) is 11.6 Å². The van der Waals surface area contributed by atoms with Crippen molar-refractivity contribution in [1.29, 1.82) is 0 Å². The molecular weight excluding hydrogens is 286 g/mol. The van der Waals surface area contributed by atoms with Gasteiger partial charge in [0.2, 0.25) is 0 Å². The Balaban J connectivity index is 2.03. The first-order valence-corrected chi connectivity index (χ1v) is 8.12. The van der Waals surface area contributed by atoms with Crippen molar-refractivity contribution < 1.29 is 0 Å². The topological polar surface area (TPSA) is 12.0 Å². The van der Waals surface area contributed by atoms with Crippen LogP contribution in [0.5, 0.6) is 0 Å². The lowest BCUT2D eigenvalue weighted by atomic mass is 10.1. The molecule has 2 aromatic rings. The number of nitrogens with one attached hydrogen (secondary N) is 1. The molecule has 0 amide bonds. The van der Waals surface area contributed by atoms with Gasteiger partial charge in [-0.15, -0.1) is 0 Å². The number of hydrogen-bond donors (Lipinski definition) is 1. The van der Waals surface area contributed by atoms with Crippen molar-refractivity contribution in [2.24, 2.45) is 0 Å². The molecule has 3 heteroatoms. The molecule has 0 atom stereocenters. The average molecular weight is 306 g/mol. The predicted octanol–water partition coefficient (Wildman–Crippen LogP) is 5.30. The Kier molecular flexibility index (Phi) is 5.96. The lowest BCUT2D eigenvalue weighted by molar-refractivity contribution is 0.673. The van der Waals surface area contributed by atoms with Crippen molar-refractivity contribution in [2.75, 3.05) is 6.54 Å². The van der Waals surface area contributed by atoms with E-state index >= 15 is 0 Å². The third-order valence-electron chi connectivity index (χ3n) is 3.11. The normalized spacial score (nSPS) is 10.8. The minimum absolute atomic E-state index is 0.780. The Labute approximate surface area is 130 Å². The van der Waals surface area contributed by atoms with E-state index in [1.165, 1.54) is 27.3 Å². The standard InChI is InChI=1S/C17H20ClNS/c1-3-10-19-12-14-4-7-17(11-13(14)2)20-16-8-5-15(18)6-9-16/h4-9,11,19H,3,10,12H2,1-2H3. The zero-order valence-corrected chi connectivity index (χ0v) is 13.5. The third kappa shape index (κ3) is 4.55. The first kappa shape index (κ1) is 15.4. The van der Waals surface area contributed by atoms with Crippen LogP contribution in [0.15, 0.2) is 52.3 Å². The average Bonchev–Trinajstić information content (AvgIpc) is 2.44. The first-order chi connectivity index (χ1) is 9.69. The molecule has 0 aliphatic rings. The molecule has 1 nitrogen and oxygen atoms in total. The molecule has 2 rings (SSSR count). The maximum atomic E-state index is 5.90. The van der Waals surface area contributed by atoms with Crippen molar-refractivity contribution in [3.8, 4) is 0 Å². The van der Waals surface area contributed by atoms with E-state index in [0.29, 0.717) is 0 Å². The maximum Gasteiger partial charge on any atom is 0.0406 e. The summed E-state index contributed by atoms with van der Waals surface area (Å²) in [6, 6.07) is 14.6. The van der Waals surface area contributed by atoms with Crippen LogP contribution in [0.3, 0.4) is 0 Å². The van der Waals surface area contributed by atoms with E-state index in [-0.39, 0.29) is 0 Å². The van der Waals surface area contributed by atoms with Gasteiger partial charge in [0.1, 0.15) is 0 Å². The van der Waals surface area contributed by atoms with Crippen molar-refractivity contribution in [3.63, 3.8) is 0 Å². The summed E-state index contributed by atoms with van der Waals surface area (Å²) in [5.41, 5.74) is 2.71. The Morgan fingerprint density at radius 2 is 1.75 bits per heavy atom. The van der Waals surface area contributed by atoms with Gasteiger partial charge in [-0.1, -0.05) is 36.4 Å².